The predicted octanol–water partition coefficient (Wildman–Crippen LogP) is 2.95. The SMILES string of the molecule is COc1ccc(C#Cc2ccc([C@H]3[C@@H](CO)N4CCCCN(C)C[C@@H]34)cc2)cc1. The maximum absolute atomic E-state index is 10.0. The van der Waals surface area contributed by atoms with Gasteiger partial charge >= 0.3 is 0 Å². The molecule has 2 aromatic rings. The molecule has 2 aliphatic rings. The first-order valence-corrected chi connectivity index (χ1v) is 10.5. The Labute approximate surface area is 174 Å². The molecule has 2 saturated heterocycles. The smallest absolute Gasteiger partial charge is 0.118 e. The Hall–Kier alpha value is -2.32. The normalized spacial score (nSPS) is 25.0. The van der Waals surface area contributed by atoms with E-state index in [-0.39, 0.29) is 12.6 Å². The van der Waals surface area contributed by atoms with E-state index in [1.54, 1.807) is 7.11 Å². The van der Waals surface area contributed by atoms with Crippen molar-refractivity contribution in [1.82, 2.24) is 9.80 Å². The lowest BCUT2D eigenvalue weighted by Crippen LogP contribution is -2.67. The van der Waals surface area contributed by atoms with Crippen molar-refractivity contribution in [3.63, 3.8) is 0 Å². The van der Waals surface area contributed by atoms with Gasteiger partial charge < -0.3 is 14.7 Å². The van der Waals surface area contributed by atoms with Crippen molar-refractivity contribution in [2.24, 2.45) is 0 Å². The number of aliphatic hydroxyl groups is 1. The van der Waals surface area contributed by atoms with Crippen molar-refractivity contribution in [2.75, 3.05) is 40.4 Å². The second-order valence-corrected chi connectivity index (χ2v) is 8.15. The van der Waals surface area contributed by atoms with Gasteiger partial charge in [-0.1, -0.05) is 24.0 Å². The van der Waals surface area contributed by atoms with E-state index in [1.807, 2.05) is 24.3 Å². The number of ether oxygens (including phenoxy) is 1. The number of methoxy groups -OCH3 is 1. The lowest BCUT2D eigenvalue weighted by Gasteiger charge is -2.57. The highest BCUT2D eigenvalue weighted by Crippen LogP contribution is 2.41. The largest absolute Gasteiger partial charge is 0.497 e. The van der Waals surface area contributed by atoms with Gasteiger partial charge in [-0.15, -0.1) is 0 Å². The third kappa shape index (κ3) is 4.33. The molecule has 4 rings (SSSR count). The predicted molar refractivity (Wildman–Crippen MR) is 116 cm³/mol. The summed E-state index contributed by atoms with van der Waals surface area (Å²) in [6.45, 7) is 3.57. The van der Waals surface area contributed by atoms with Crippen LogP contribution < -0.4 is 4.74 Å². The summed E-state index contributed by atoms with van der Waals surface area (Å²) in [6, 6.07) is 17.1. The zero-order valence-electron chi connectivity index (χ0n) is 17.3. The fraction of sp³-hybridized carbons (Fsp3) is 0.440. The third-order valence-corrected chi connectivity index (χ3v) is 6.31. The lowest BCUT2D eigenvalue weighted by molar-refractivity contribution is -0.0614. The van der Waals surface area contributed by atoms with Crippen molar-refractivity contribution >= 4 is 0 Å². The Kier molecular flexibility index (Phi) is 6.20. The summed E-state index contributed by atoms with van der Waals surface area (Å²) in [4.78, 5) is 4.95. The fourth-order valence-corrected chi connectivity index (χ4v) is 4.72. The quantitative estimate of drug-likeness (QED) is 0.818. The van der Waals surface area contributed by atoms with Crippen LogP contribution in [0.15, 0.2) is 48.5 Å². The summed E-state index contributed by atoms with van der Waals surface area (Å²) >= 11 is 0. The summed E-state index contributed by atoms with van der Waals surface area (Å²) in [7, 11) is 3.88. The number of likely N-dealkylation sites (N-methyl/N-ethyl adjacent to an activating group) is 1. The van der Waals surface area contributed by atoms with E-state index in [2.05, 4.69) is 53.0 Å². The Morgan fingerprint density at radius 2 is 1.59 bits per heavy atom. The Morgan fingerprint density at radius 3 is 2.21 bits per heavy atom. The summed E-state index contributed by atoms with van der Waals surface area (Å²) < 4.78 is 5.19. The molecular weight excluding hydrogens is 360 g/mol. The van der Waals surface area contributed by atoms with E-state index < -0.39 is 0 Å². The van der Waals surface area contributed by atoms with E-state index in [9.17, 15) is 5.11 Å². The highest BCUT2D eigenvalue weighted by molar-refractivity contribution is 5.45. The average Bonchev–Trinajstić information content (AvgIpc) is 2.74. The first-order chi connectivity index (χ1) is 14.2. The summed E-state index contributed by atoms with van der Waals surface area (Å²) in [5.74, 6) is 7.70. The molecular formula is C25H30N2O2. The van der Waals surface area contributed by atoms with Crippen LogP contribution in [0.5, 0.6) is 5.75 Å². The minimum atomic E-state index is 0.226. The van der Waals surface area contributed by atoms with Crippen LogP contribution in [0.3, 0.4) is 0 Å². The first kappa shape index (κ1) is 20.0. The highest BCUT2D eigenvalue weighted by atomic mass is 16.5. The minimum absolute atomic E-state index is 0.226. The molecule has 152 valence electrons. The number of nitrogens with zero attached hydrogens (tertiary/aromatic N) is 2. The van der Waals surface area contributed by atoms with Crippen molar-refractivity contribution in [1.29, 1.82) is 0 Å². The molecule has 2 heterocycles. The molecule has 3 atom stereocenters. The van der Waals surface area contributed by atoms with Crippen LogP contribution in [0.4, 0.5) is 0 Å². The van der Waals surface area contributed by atoms with Crippen molar-refractivity contribution in [3.8, 4) is 17.6 Å². The Morgan fingerprint density at radius 1 is 0.966 bits per heavy atom. The number of benzene rings is 2. The van der Waals surface area contributed by atoms with Crippen LogP contribution in [0.2, 0.25) is 0 Å². The standard InChI is InChI=1S/C25H30N2O2/c1-26-15-3-4-16-27-23(17-26)25(24(27)18-28)21-11-7-19(8-12-21)5-6-20-9-13-22(29-2)14-10-20/h7-14,23-25,28H,3-4,15-18H2,1-2H3/t23-,24+,25+/m0/s1. The number of rotatable bonds is 3. The second-order valence-electron chi connectivity index (χ2n) is 8.15. The number of hydrogen-bond donors (Lipinski definition) is 1. The van der Waals surface area contributed by atoms with Gasteiger partial charge in [-0.25, -0.2) is 0 Å². The molecule has 1 N–H and O–H groups in total. The molecule has 0 radical (unpaired) electrons. The van der Waals surface area contributed by atoms with Crippen LogP contribution in [0.1, 0.15) is 35.4 Å². The molecule has 0 amide bonds. The summed E-state index contributed by atoms with van der Waals surface area (Å²) in [6.07, 6.45) is 2.45. The van der Waals surface area contributed by atoms with Gasteiger partial charge in [-0.2, -0.15) is 0 Å². The molecule has 4 heteroatoms. The van der Waals surface area contributed by atoms with E-state index in [1.165, 1.54) is 24.9 Å². The molecule has 2 aliphatic heterocycles. The summed E-state index contributed by atoms with van der Waals surface area (Å²) in [5, 5.41) is 10.0. The van der Waals surface area contributed by atoms with Crippen LogP contribution in [0, 0.1) is 11.8 Å². The molecule has 0 bridgehead atoms. The van der Waals surface area contributed by atoms with Crippen LogP contribution in [-0.2, 0) is 0 Å². The number of aliphatic hydroxyl groups excluding tert-OH is 1. The van der Waals surface area contributed by atoms with Gasteiger partial charge in [0.1, 0.15) is 5.75 Å². The molecule has 29 heavy (non-hydrogen) atoms. The first-order valence-electron chi connectivity index (χ1n) is 10.5. The second kappa shape index (κ2) is 9.00. The number of fused-ring (bicyclic) bond motifs is 1. The van der Waals surface area contributed by atoms with Gasteiger partial charge in [-0.05, 0) is 74.9 Å². The zero-order chi connectivity index (χ0) is 20.2. The van der Waals surface area contributed by atoms with Gasteiger partial charge in [-0.3, -0.25) is 4.90 Å². The van der Waals surface area contributed by atoms with Crippen molar-refractivity contribution < 1.29 is 9.84 Å². The maximum atomic E-state index is 10.0. The molecule has 0 saturated carbocycles. The van der Waals surface area contributed by atoms with E-state index >= 15 is 0 Å². The van der Waals surface area contributed by atoms with Gasteiger partial charge in [0.15, 0.2) is 0 Å². The maximum Gasteiger partial charge on any atom is 0.118 e. The van der Waals surface area contributed by atoms with Crippen LogP contribution >= 0.6 is 0 Å². The molecule has 4 nitrogen and oxygen atoms in total. The third-order valence-electron chi connectivity index (χ3n) is 6.31. The van der Waals surface area contributed by atoms with E-state index in [0.717, 1.165) is 30.0 Å². The topological polar surface area (TPSA) is 35.9 Å². The molecule has 0 spiro atoms. The van der Waals surface area contributed by atoms with Crippen molar-refractivity contribution in [3.05, 3.63) is 65.2 Å². The monoisotopic (exact) mass is 390 g/mol. The molecule has 0 aromatic heterocycles. The van der Waals surface area contributed by atoms with Gasteiger partial charge in [0.25, 0.3) is 0 Å². The van der Waals surface area contributed by atoms with Gasteiger partial charge in [0.05, 0.1) is 13.7 Å². The molecule has 2 aromatic carbocycles. The van der Waals surface area contributed by atoms with Crippen LogP contribution in [0.25, 0.3) is 0 Å². The molecule has 0 aliphatic carbocycles. The van der Waals surface area contributed by atoms with Gasteiger partial charge in [0.2, 0.25) is 0 Å². The molecule has 2 fully saturated rings. The summed E-state index contributed by atoms with van der Waals surface area (Å²) in [5.41, 5.74) is 3.30. The van der Waals surface area contributed by atoms with E-state index in [4.69, 9.17) is 4.74 Å². The van der Waals surface area contributed by atoms with E-state index in [0.29, 0.717) is 12.0 Å². The zero-order valence-corrected chi connectivity index (χ0v) is 17.3. The number of hydrogen-bond acceptors (Lipinski definition) is 4. The fourth-order valence-electron chi connectivity index (χ4n) is 4.72. The van der Waals surface area contributed by atoms with Crippen LogP contribution in [-0.4, -0.2) is 67.4 Å². The Balaban J connectivity index is 1.48. The lowest BCUT2D eigenvalue weighted by atomic mass is 9.74. The minimum Gasteiger partial charge on any atom is -0.497 e. The Bertz CT molecular complexity index is 866. The highest BCUT2D eigenvalue weighted by Gasteiger charge is 2.48. The molecule has 0 unspecified atom stereocenters. The van der Waals surface area contributed by atoms with Gasteiger partial charge in [0, 0.05) is 35.7 Å². The average molecular weight is 391 g/mol. The van der Waals surface area contributed by atoms with Crippen molar-refractivity contribution in [2.45, 2.75) is 30.8 Å².